The van der Waals surface area contributed by atoms with Gasteiger partial charge in [0.25, 0.3) is 0 Å². The number of carbonyl (C=O) groups is 1. The number of carbonyl (C=O) groups excluding carboxylic acids is 1. The van der Waals surface area contributed by atoms with Crippen LogP contribution in [0.1, 0.15) is 68.5 Å². The number of hydrogen-bond donors (Lipinski definition) is 2. The van der Waals surface area contributed by atoms with Crippen molar-refractivity contribution >= 4 is 36.0 Å². The van der Waals surface area contributed by atoms with Gasteiger partial charge in [-0.15, -0.1) is 0 Å². The smallest absolute Gasteiger partial charge is 0.361 e. The molecule has 12 nitrogen and oxygen atoms in total. The molecule has 0 radical (unpaired) electrons. The molecule has 2 rings (SSSR count). The molecule has 0 bridgehead atoms. The minimum absolute atomic E-state index is 0.0378. The van der Waals surface area contributed by atoms with Gasteiger partial charge >= 0.3 is 13.3 Å². The van der Waals surface area contributed by atoms with Crippen LogP contribution >= 0.6 is 7.60 Å². The van der Waals surface area contributed by atoms with Gasteiger partial charge in [-0.1, -0.05) is 41.5 Å². The first kappa shape index (κ1) is 37.0. The Hall–Kier alpha value is -1.23. The number of amides is 1. The molecule has 2 N–H and O–H groups in total. The highest BCUT2D eigenvalue weighted by Crippen LogP contribution is 2.57. The van der Waals surface area contributed by atoms with E-state index in [0.717, 1.165) is 0 Å². The first-order chi connectivity index (χ1) is 19.0. The summed E-state index contributed by atoms with van der Waals surface area (Å²) in [5, 5.41) is 13.7. The van der Waals surface area contributed by atoms with Gasteiger partial charge in [-0.3, -0.25) is 13.9 Å². The first-order valence-corrected chi connectivity index (χ1v) is 21.9. The van der Waals surface area contributed by atoms with Crippen LogP contribution in [0, 0.1) is 0 Å². The van der Waals surface area contributed by atoms with Crippen molar-refractivity contribution in [3.05, 3.63) is 22.7 Å². The molecule has 1 aliphatic rings. The Labute approximate surface area is 252 Å². The maximum atomic E-state index is 13.8. The number of aliphatic hydroxyl groups is 1. The average molecular weight is 650 g/mol. The molecular formula is C27H52N3O9PSi2. The zero-order chi connectivity index (χ0) is 32.5. The minimum Gasteiger partial charge on any atom is -0.408 e. The van der Waals surface area contributed by atoms with E-state index in [9.17, 15) is 19.3 Å². The third-order valence-electron chi connectivity index (χ3n) is 8.34. The predicted octanol–water partition coefficient (Wildman–Crippen LogP) is 5.46. The van der Waals surface area contributed by atoms with Gasteiger partial charge < -0.3 is 33.1 Å². The number of anilines is 1. The summed E-state index contributed by atoms with van der Waals surface area (Å²) < 4.78 is 46.4. The topological polar surface area (TPSA) is 147 Å². The van der Waals surface area contributed by atoms with Crippen LogP contribution in [0.25, 0.3) is 0 Å². The fourth-order valence-electron chi connectivity index (χ4n) is 4.01. The lowest BCUT2D eigenvalue weighted by atomic mass is 10.1. The van der Waals surface area contributed by atoms with Gasteiger partial charge in [0.05, 0.1) is 13.2 Å². The monoisotopic (exact) mass is 649 g/mol. The largest absolute Gasteiger partial charge is 0.408 e. The molecule has 1 amide bonds. The Balaban J connectivity index is 2.80. The summed E-state index contributed by atoms with van der Waals surface area (Å²) in [6.07, 6.45) is -2.70. The number of hydrogen-bond acceptors (Lipinski definition) is 10. The van der Waals surface area contributed by atoms with Gasteiger partial charge in [-0.2, -0.15) is 4.98 Å². The summed E-state index contributed by atoms with van der Waals surface area (Å²) in [5.41, 5.74) is -0.700. The van der Waals surface area contributed by atoms with E-state index in [1.54, 1.807) is 13.8 Å². The molecule has 0 aliphatic carbocycles. The molecule has 42 heavy (non-hydrogen) atoms. The van der Waals surface area contributed by atoms with E-state index in [4.69, 9.17) is 22.6 Å². The Morgan fingerprint density at radius 3 is 1.93 bits per heavy atom. The molecule has 0 spiro atoms. The maximum absolute atomic E-state index is 13.8. The Bertz CT molecular complexity index is 1190. The Kier molecular flexibility index (Phi) is 11.8. The van der Waals surface area contributed by atoms with E-state index in [1.807, 2.05) is 0 Å². The second kappa shape index (κ2) is 13.4. The number of aliphatic hydroxyl groups excluding tert-OH is 1. The van der Waals surface area contributed by atoms with Gasteiger partial charge in [-0.05, 0) is 56.2 Å². The Morgan fingerprint density at radius 2 is 1.52 bits per heavy atom. The van der Waals surface area contributed by atoms with Gasteiger partial charge in [0.2, 0.25) is 5.91 Å². The van der Waals surface area contributed by atoms with Crippen molar-refractivity contribution in [3.63, 3.8) is 0 Å². The van der Waals surface area contributed by atoms with Gasteiger partial charge in [0.15, 0.2) is 28.7 Å². The number of ether oxygens (including phenoxy) is 1. The third kappa shape index (κ3) is 8.27. The highest BCUT2D eigenvalue weighted by Gasteiger charge is 2.59. The van der Waals surface area contributed by atoms with Crippen molar-refractivity contribution in [2.75, 3.05) is 18.5 Å². The molecule has 1 fully saturated rings. The molecule has 0 aromatic carbocycles. The van der Waals surface area contributed by atoms with Gasteiger partial charge in [-0.25, -0.2) is 4.79 Å². The minimum atomic E-state index is -4.10. The number of rotatable bonds is 12. The lowest BCUT2D eigenvalue weighted by molar-refractivity contribution is -0.114. The van der Waals surface area contributed by atoms with Gasteiger partial charge in [0, 0.05) is 13.1 Å². The van der Waals surface area contributed by atoms with Crippen LogP contribution in [0.4, 0.5) is 5.82 Å². The summed E-state index contributed by atoms with van der Waals surface area (Å²) in [6.45, 7) is 25.5. The molecule has 1 aromatic rings. The molecule has 1 aromatic heterocycles. The average Bonchev–Trinajstić information content (AvgIpc) is 3.13. The quantitative estimate of drug-likeness (QED) is 0.221. The lowest BCUT2D eigenvalue weighted by Gasteiger charge is -2.44. The van der Waals surface area contributed by atoms with E-state index in [-0.39, 0.29) is 35.0 Å². The van der Waals surface area contributed by atoms with E-state index >= 15 is 0 Å². The van der Waals surface area contributed by atoms with E-state index in [2.05, 4.69) is 78.0 Å². The lowest BCUT2D eigenvalue weighted by Crippen LogP contribution is -2.55. The van der Waals surface area contributed by atoms with Crippen LogP contribution < -0.4 is 11.0 Å². The van der Waals surface area contributed by atoms with E-state index < -0.39 is 60.3 Å². The Morgan fingerprint density at radius 1 is 1.05 bits per heavy atom. The highest BCUT2D eigenvalue weighted by molar-refractivity contribution is 7.54. The second-order valence-electron chi connectivity index (χ2n) is 13.6. The van der Waals surface area contributed by atoms with Crippen LogP contribution in [-0.4, -0.2) is 74.6 Å². The van der Waals surface area contributed by atoms with Crippen molar-refractivity contribution < 1.29 is 37.1 Å². The number of nitrogens with one attached hydrogen (secondary N) is 1. The molecular weight excluding hydrogens is 597 g/mol. The van der Waals surface area contributed by atoms with E-state index in [0.29, 0.717) is 0 Å². The molecule has 2 heterocycles. The second-order valence-corrected chi connectivity index (χ2v) is 25.3. The third-order valence-corrected chi connectivity index (χ3v) is 19.5. The van der Waals surface area contributed by atoms with Crippen molar-refractivity contribution in [2.45, 2.75) is 129 Å². The molecule has 242 valence electrons. The summed E-state index contributed by atoms with van der Waals surface area (Å²) in [5.74, 6) is -2.01. The fraction of sp³-hybridized carbons (Fsp3) is 0.815. The number of nitrogens with zero attached hydrogens (tertiary/aromatic N) is 2. The molecule has 1 aliphatic heterocycles. The molecule has 0 saturated carbocycles. The fourth-order valence-corrected chi connectivity index (χ4v) is 8.29. The maximum Gasteiger partial charge on any atom is 0.361 e. The molecule has 5 atom stereocenters. The van der Waals surface area contributed by atoms with Crippen LogP contribution in [0.5, 0.6) is 0 Å². The van der Waals surface area contributed by atoms with Crippen LogP contribution in [0.3, 0.4) is 0 Å². The molecule has 15 heteroatoms. The first-order valence-electron chi connectivity index (χ1n) is 14.5. The van der Waals surface area contributed by atoms with Crippen LogP contribution in [0.15, 0.2) is 17.1 Å². The standard InChI is InChI=1S/C27H52N3O9PSi2/c1-14-35-40(34,36-15-2)24(32)22-20(38-41(10,11)26(4,5)6)21(39-42(12,13)27(7,8)9)23(37-22)30-17-16-19(28-18(3)31)29-25(30)33/h16-17,20-24,32H,14-15H2,1-13H3,(H,28,29,31,33)/t20-,21+,22-,23+,24-/m0/s1. The summed E-state index contributed by atoms with van der Waals surface area (Å²) in [4.78, 5) is 28.9. The highest BCUT2D eigenvalue weighted by atomic mass is 31.2. The van der Waals surface area contributed by atoms with Crippen molar-refractivity contribution in [2.24, 2.45) is 0 Å². The predicted molar refractivity (Wildman–Crippen MR) is 168 cm³/mol. The number of aromatic nitrogens is 2. The zero-order valence-electron chi connectivity index (χ0n) is 27.5. The summed E-state index contributed by atoms with van der Waals surface area (Å²) in [6, 6.07) is 1.48. The summed E-state index contributed by atoms with van der Waals surface area (Å²) in [7, 11) is -9.21. The van der Waals surface area contributed by atoms with Crippen molar-refractivity contribution in [1.82, 2.24) is 9.55 Å². The van der Waals surface area contributed by atoms with Gasteiger partial charge in [0.1, 0.15) is 24.1 Å². The molecule has 0 unspecified atom stereocenters. The molecule has 1 saturated heterocycles. The van der Waals surface area contributed by atoms with Crippen molar-refractivity contribution in [3.8, 4) is 0 Å². The van der Waals surface area contributed by atoms with Crippen LogP contribution in [0.2, 0.25) is 36.3 Å². The SMILES string of the molecule is CCOP(=O)(OCC)[C@H](O)[C@H]1O[C@@H](n2ccc(NC(C)=O)nc2=O)[C@H](O[Si](C)(C)C(C)(C)C)[C@@H]1O[Si](C)(C)C(C)(C)C. The van der Waals surface area contributed by atoms with E-state index in [1.165, 1.54) is 23.8 Å². The zero-order valence-corrected chi connectivity index (χ0v) is 30.4. The van der Waals surface area contributed by atoms with Crippen LogP contribution in [-0.2, 0) is 32.0 Å². The van der Waals surface area contributed by atoms with Crippen molar-refractivity contribution in [1.29, 1.82) is 0 Å². The summed E-state index contributed by atoms with van der Waals surface area (Å²) >= 11 is 0. The normalized spacial score (nSPS) is 23.2.